The van der Waals surface area contributed by atoms with Crippen LogP contribution in [0.5, 0.6) is 0 Å². The molecule has 0 saturated carbocycles. The maximum Gasteiger partial charge on any atom is 0.508 e. The zero-order chi connectivity index (χ0) is 14.3. The van der Waals surface area contributed by atoms with E-state index in [1.165, 1.54) is 6.92 Å². The highest BCUT2D eigenvalue weighted by atomic mass is 16.8. The molecule has 0 aromatic carbocycles. The lowest BCUT2D eigenvalue weighted by Crippen LogP contribution is -2.22. The third-order valence-corrected chi connectivity index (χ3v) is 1.92. The zero-order valence-electron chi connectivity index (χ0n) is 10.4. The number of ether oxygens (including phenoxy) is 5. The van der Waals surface area contributed by atoms with Crippen molar-refractivity contribution in [1.29, 1.82) is 0 Å². The molecule has 0 radical (unpaired) electrons. The Kier molecular flexibility index (Phi) is 5.65. The summed E-state index contributed by atoms with van der Waals surface area (Å²) in [5.74, 6) is -0.563. The minimum Gasteiger partial charge on any atom is -0.459 e. The Morgan fingerprint density at radius 2 is 2.00 bits per heavy atom. The number of rotatable bonds is 6. The first-order chi connectivity index (χ1) is 8.99. The normalized spacial score (nSPS) is 17.1. The van der Waals surface area contributed by atoms with Gasteiger partial charge in [0.1, 0.15) is 26.4 Å². The first-order valence-corrected chi connectivity index (χ1v) is 5.44. The highest BCUT2D eigenvalue weighted by molar-refractivity contribution is 5.86. The number of carbonyl (C=O) groups is 3. The van der Waals surface area contributed by atoms with Crippen LogP contribution in [0.4, 0.5) is 9.59 Å². The summed E-state index contributed by atoms with van der Waals surface area (Å²) in [5.41, 5.74) is 0.255. The fourth-order valence-electron chi connectivity index (χ4n) is 1.03. The molecule has 8 nitrogen and oxygen atoms in total. The van der Waals surface area contributed by atoms with Gasteiger partial charge in [0.15, 0.2) is 6.10 Å². The quantitative estimate of drug-likeness (QED) is 0.303. The van der Waals surface area contributed by atoms with Crippen LogP contribution in [0.3, 0.4) is 0 Å². The lowest BCUT2D eigenvalue weighted by Gasteiger charge is -2.08. The van der Waals surface area contributed by atoms with Crippen molar-refractivity contribution in [2.75, 3.05) is 26.4 Å². The summed E-state index contributed by atoms with van der Waals surface area (Å²) in [7, 11) is 0. The van der Waals surface area contributed by atoms with Crippen LogP contribution >= 0.6 is 0 Å². The predicted molar refractivity (Wildman–Crippen MR) is 59.3 cm³/mol. The standard InChI is InChI=1S/C11H14O8/c1-7(2)9(12)15-3-4-16-10(13)17-5-8-6-18-11(14)19-8/h8H,1,3-6H2,2H3. The number of hydrogen-bond donors (Lipinski definition) is 0. The van der Waals surface area contributed by atoms with Crippen LogP contribution in [0, 0.1) is 0 Å². The van der Waals surface area contributed by atoms with Gasteiger partial charge in [-0.3, -0.25) is 0 Å². The van der Waals surface area contributed by atoms with Gasteiger partial charge in [0.2, 0.25) is 0 Å². The molecule has 1 aliphatic rings. The molecule has 1 fully saturated rings. The molecule has 0 aromatic heterocycles. The average molecular weight is 274 g/mol. The number of cyclic esters (lactones) is 2. The van der Waals surface area contributed by atoms with Gasteiger partial charge in [-0.2, -0.15) is 0 Å². The summed E-state index contributed by atoms with van der Waals surface area (Å²) in [6.07, 6.45) is -2.37. The third kappa shape index (κ3) is 5.75. The molecule has 8 heteroatoms. The van der Waals surface area contributed by atoms with Crippen molar-refractivity contribution in [3.8, 4) is 0 Å². The van der Waals surface area contributed by atoms with Crippen LogP contribution < -0.4 is 0 Å². The minimum atomic E-state index is -0.950. The molecule has 1 atom stereocenters. The van der Waals surface area contributed by atoms with Crippen LogP contribution in [0.2, 0.25) is 0 Å². The van der Waals surface area contributed by atoms with Gasteiger partial charge in [0, 0.05) is 5.57 Å². The molecule has 0 bridgehead atoms. The predicted octanol–water partition coefficient (Wildman–Crippen LogP) is 0.794. The number of esters is 1. The largest absolute Gasteiger partial charge is 0.508 e. The third-order valence-electron chi connectivity index (χ3n) is 1.92. The van der Waals surface area contributed by atoms with Crippen molar-refractivity contribution in [3.05, 3.63) is 12.2 Å². The van der Waals surface area contributed by atoms with Crippen molar-refractivity contribution < 1.29 is 38.1 Å². The molecular weight excluding hydrogens is 260 g/mol. The number of carbonyl (C=O) groups excluding carboxylic acids is 3. The van der Waals surface area contributed by atoms with Crippen molar-refractivity contribution >= 4 is 18.3 Å². The highest BCUT2D eigenvalue weighted by Gasteiger charge is 2.26. The number of hydrogen-bond acceptors (Lipinski definition) is 8. The molecule has 0 aliphatic carbocycles. The van der Waals surface area contributed by atoms with Crippen LogP contribution in [-0.4, -0.2) is 50.8 Å². The summed E-state index contributed by atoms with van der Waals surface area (Å²) in [6, 6.07) is 0. The van der Waals surface area contributed by atoms with Gasteiger partial charge in [0.05, 0.1) is 0 Å². The Hall–Kier alpha value is -2.25. The first kappa shape index (κ1) is 14.8. The van der Waals surface area contributed by atoms with E-state index in [1.807, 2.05) is 0 Å². The summed E-state index contributed by atoms with van der Waals surface area (Å²) >= 11 is 0. The van der Waals surface area contributed by atoms with Crippen molar-refractivity contribution in [2.45, 2.75) is 13.0 Å². The molecule has 0 aromatic rings. The first-order valence-electron chi connectivity index (χ1n) is 5.44. The van der Waals surface area contributed by atoms with E-state index in [0.717, 1.165) is 0 Å². The van der Waals surface area contributed by atoms with Gasteiger partial charge in [-0.25, -0.2) is 14.4 Å². The monoisotopic (exact) mass is 274 g/mol. The van der Waals surface area contributed by atoms with Crippen molar-refractivity contribution in [1.82, 2.24) is 0 Å². The van der Waals surface area contributed by atoms with Crippen LogP contribution in [0.15, 0.2) is 12.2 Å². The van der Waals surface area contributed by atoms with Crippen molar-refractivity contribution in [2.24, 2.45) is 0 Å². The molecular formula is C11H14O8. The van der Waals surface area contributed by atoms with E-state index in [1.54, 1.807) is 0 Å². The molecule has 106 valence electrons. The molecule has 0 N–H and O–H groups in total. The van der Waals surface area contributed by atoms with E-state index in [2.05, 4.69) is 30.3 Å². The maximum absolute atomic E-state index is 11.1. The molecule has 1 heterocycles. The molecule has 1 saturated heterocycles. The smallest absolute Gasteiger partial charge is 0.459 e. The fourth-order valence-corrected chi connectivity index (χ4v) is 1.03. The van der Waals surface area contributed by atoms with Crippen LogP contribution in [-0.2, 0) is 28.5 Å². The van der Waals surface area contributed by atoms with Gasteiger partial charge >= 0.3 is 18.3 Å². The van der Waals surface area contributed by atoms with Gasteiger partial charge in [-0.05, 0) is 6.92 Å². The van der Waals surface area contributed by atoms with E-state index in [4.69, 9.17) is 0 Å². The van der Waals surface area contributed by atoms with E-state index in [-0.39, 0.29) is 32.0 Å². The molecule has 0 amide bonds. The second-order valence-corrected chi connectivity index (χ2v) is 3.63. The van der Waals surface area contributed by atoms with Crippen LogP contribution in [0.1, 0.15) is 6.92 Å². The average Bonchev–Trinajstić information content (AvgIpc) is 2.77. The highest BCUT2D eigenvalue weighted by Crippen LogP contribution is 2.06. The van der Waals surface area contributed by atoms with Gasteiger partial charge in [-0.15, -0.1) is 0 Å². The Bertz CT molecular complexity index is 375. The summed E-state index contributed by atoms with van der Waals surface area (Å²) in [5, 5.41) is 0. The van der Waals surface area contributed by atoms with E-state index >= 15 is 0 Å². The Labute approximate surface area is 109 Å². The summed E-state index contributed by atoms with van der Waals surface area (Å²) in [6.45, 7) is 4.53. The van der Waals surface area contributed by atoms with E-state index in [0.29, 0.717) is 0 Å². The van der Waals surface area contributed by atoms with Gasteiger partial charge in [0.25, 0.3) is 0 Å². The minimum absolute atomic E-state index is 0.0301. The van der Waals surface area contributed by atoms with Crippen LogP contribution in [0.25, 0.3) is 0 Å². The van der Waals surface area contributed by atoms with Crippen molar-refractivity contribution in [3.63, 3.8) is 0 Å². The fraction of sp³-hybridized carbons (Fsp3) is 0.545. The molecule has 0 spiro atoms. The Morgan fingerprint density at radius 3 is 2.58 bits per heavy atom. The SMILES string of the molecule is C=C(C)C(=O)OCCOC(=O)OCC1COC(=O)O1. The summed E-state index contributed by atoms with van der Waals surface area (Å²) in [4.78, 5) is 32.6. The topological polar surface area (TPSA) is 97.4 Å². The summed E-state index contributed by atoms with van der Waals surface area (Å²) < 4.78 is 23.1. The van der Waals surface area contributed by atoms with Gasteiger partial charge < -0.3 is 23.7 Å². The maximum atomic E-state index is 11.1. The molecule has 1 unspecified atom stereocenters. The van der Waals surface area contributed by atoms with E-state index < -0.39 is 24.4 Å². The zero-order valence-corrected chi connectivity index (χ0v) is 10.4. The van der Waals surface area contributed by atoms with Gasteiger partial charge in [-0.1, -0.05) is 6.58 Å². The lowest BCUT2D eigenvalue weighted by molar-refractivity contribution is -0.140. The molecule has 1 rings (SSSR count). The second-order valence-electron chi connectivity index (χ2n) is 3.63. The van der Waals surface area contributed by atoms with E-state index in [9.17, 15) is 14.4 Å². The molecule has 1 aliphatic heterocycles. The second kappa shape index (κ2) is 7.24. The molecule has 19 heavy (non-hydrogen) atoms. The lowest BCUT2D eigenvalue weighted by atomic mass is 10.4. The Morgan fingerprint density at radius 1 is 1.32 bits per heavy atom. The Balaban J connectivity index is 2.03.